The van der Waals surface area contributed by atoms with E-state index in [9.17, 15) is 4.79 Å². The van der Waals surface area contributed by atoms with E-state index in [0.717, 1.165) is 21.5 Å². The Morgan fingerprint density at radius 2 is 1.93 bits per heavy atom. The zero-order valence-corrected chi connectivity index (χ0v) is 17.2. The summed E-state index contributed by atoms with van der Waals surface area (Å²) in [6, 6.07) is 17.3. The first-order chi connectivity index (χ1) is 13.1. The molecule has 0 aliphatic heterocycles. The fourth-order valence-corrected chi connectivity index (χ4v) is 3.58. The van der Waals surface area contributed by atoms with Crippen LogP contribution in [0.25, 0.3) is 11.4 Å². The average molecular weight is 443 g/mol. The highest BCUT2D eigenvalue weighted by Gasteiger charge is 2.20. The summed E-state index contributed by atoms with van der Waals surface area (Å²) in [5.41, 5.74) is 1.74. The van der Waals surface area contributed by atoms with Gasteiger partial charge in [-0.3, -0.25) is 9.36 Å². The number of halogens is 1. The molecule has 0 saturated carbocycles. The highest BCUT2D eigenvalue weighted by molar-refractivity contribution is 9.10. The minimum Gasteiger partial charge on any atom is -0.325 e. The molecule has 27 heavy (non-hydrogen) atoms. The smallest absolute Gasteiger partial charge is 0.237 e. The third kappa shape index (κ3) is 4.87. The second-order valence-corrected chi connectivity index (χ2v) is 8.05. The molecule has 1 unspecified atom stereocenters. The second-order valence-electron chi connectivity index (χ2n) is 5.83. The molecule has 0 saturated heterocycles. The average Bonchev–Trinajstić information content (AvgIpc) is 3.07. The van der Waals surface area contributed by atoms with Crippen LogP contribution in [-0.4, -0.2) is 25.9 Å². The number of amides is 1. The monoisotopic (exact) mass is 442 g/mol. The second kappa shape index (κ2) is 9.01. The van der Waals surface area contributed by atoms with Gasteiger partial charge in [0.2, 0.25) is 5.91 Å². The van der Waals surface area contributed by atoms with Crippen LogP contribution in [0.3, 0.4) is 0 Å². The van der Waals surface area contributed by atoms with Gasteiger partial charge >= 0.3 is 0 Å². The highest BCUT2D eigenvalue weighted by Crippen LogP contribution is 2.27. The summed E-state index contributed by atoms with van der Waals surface area (Å²) in [6.45, 7) is 6.25. The molecule has 2 aromatic carbocycles. The van der Waals surface area contributed by atoms with Gasteiger partial charge in [0.15, 0.2) is 11.0 Å². The fourth-order valence-electron chi connectivity index (χ4n) is 2.46. The van der Waals surface area contributed by atoms with Crippen molar-refractivity contribution in [3.63, 3.8) is 0 Å². The van der Waals surface area contributed by atoms with Crippen LogP contribution in [0.2, 0.25) is 0 Å². The van der Waals surface area contributed by atoms with E-state index in [4.69, 9.17) is 0 Å². The van der Waals surface area contributed by atoms with E-state index >= 15 is 0 Å². The molecular weight excluding hydrogens is 424 g/mol. The lowest BCUT2D eigenvalue weighted by molar-refractivity contribution is -0.115. The van der Waals surface area contributed by atoms with Crippen molar-refractivity contribution in [2.75, 3.05) is 5.32 Å². The van der Waals surface area contributed by atoms with Gasteiger partial charge in [0.1, 0.15) is 0 Å². The van der Waals surface area contributed by atoms with Crippen molar-refractivity contribution in [2.45, 2.75) is 23.9 Å². The van der Waals surface area contributed by atoms with Crippen molar-refractivity contribution in [2.24, 2.45) is 0 Å². The van der Waals surface area contributed by atoms with Gasteiger partial charge in [-0.1, -0.05) is 64.1 Å². The molecule has 1 heterocycles. The summed E-state index contributed by atoms with van der Waals surface area (Å²) >= 11 is 4.76. The first-order valence-corrected chi connectivity index (χ1v) is 10.1. The Morgan fingerprint density at radius 3 is 2.59 bits per heavy atom. The number of nitrogens with zero attached hydrogens (tertiary/aromatic N) is 3. The number of carbonyl (C=O) groups excluding carboxylic acids is 1. The summed E-state index contributed by atoms with van der Waals surface area (Å²) < 4.78 is 2.94. The predicted octanol–water partition coefficient (Wildman–Crippen LogP) is 5.01. The summed E-state index contributed by atoms with van der Waals surface area (Å²) in [5.74, 6) is 0.676. The molecule has 0 aliphatic rings. The molecule has 1 N–H and O–H groups in total. The van der Waals surface area contributed by atoms with Gasteiger partial charge in [-0.2, -0.15) is 0 Å². The molecule has 0 aliphatic carbocycles. The largest absolute Gasteiger partial charge is 0.325 e. The number of rotatable bonds is 7. The molecule has 1 atom stereocenters. The van der Waals surface area contributed by atoms with Gasteiger partial charge in [0, 0.05) is 22.3 Å². The first kappa shape index (κ1) is 19.4. The van der Waals surface area contributed by atoms with E-state index in [1.54, 1.807) is 6.08 Å². The topological polar surface area (TPSA) is 59.8 Å². The molecule has 1 aromatic heterocycles. The van der Waals surface area contributed by atoms with E-state index < -0.39 is 0 Å². The maximum Gasteiger partial charge on any atom is 0.237 e. The number of allylic oxidation sites excluding steroid dienone is 1. The maximum atomic E-state index is 12.5. The molecule has 138 valence electrons. The van der Waals surface area contributed by atoms with Crippen LogP contribution >= 0.6 is 27.7 Å². The Morgan fingerprint density at radius 1 is 1.22 bits per heavy atom. The number of nitrogens with one attached hydrogen (secondary N) is 1. The highest BCUT2D eigenvalue weighted by atomic mass is 79.9. The summed E-state index contributed by atoms with van der Waals surface area (Å²) in [4.78, 5) is 12.5. The van der Waals surface area contributed by atoms with Crippen molar-refractivity contribution >= 4 is 39.3 Å². The molecule has 0 bridgehead atoms. The van der Waals surface area contributed by atoms with Crippen molar-refractivity contribution in [1.29, 1.82) is 0 Å². The standard InChI is InChI=1S/C20H19BrN4OS/c1-3-13-25-18(15-7-5-4-6-8-15)23-24-20(25)27-14(2)19(26)22-17-11-9-16(21)10-12-17/h3-12,14H,1,13H2,2H3,(H,22,26). The van der Waals surface area contributed by atoms with Crippen molar-refractivity contribution in [3.8, 4) is 11.4 Å². The van der Waals surface area contributed by atoms with E-state index in [0.29, 0.717) is 11.7 Å². The van der Waals surface area contributed by atoms with Crippen molar-refractivity contribution in [3.05, 3.63) is 71.7 Å². The van der Waals surface area contributed by atoms with Gasteiger partial charge in [0.05, 0.1) is 5.25 Å². The normalized spacial score (nSPS) is 11.8. The molecule has 3 rings (SSSR count). The Balaban J connectivity index is 1.76. The Hall–Kier alpha value is -2.38. The van der Waals surface area contributed by atoms with Crippen LogP contribution < -0.4 is 5.32 Å². The number of benzene rings is 2. The molecule has 0 spiro atoms. The zero-order chi connectivity index (χ0) is 19.2. The number of thioether (sulfide) groups is 1. The van der Waals surface area contributed by atoms with Crippen LogP contribution in [0.15, 0.2) is 76.9 Å². The summed E-state index contributed by atoms with van der Waals surface area (Å²) in [5, 5.41) is 11.9. The van der Waals surface area contributed by atoms with Gasteiger partial charge in [-0.15, -0.1) is 16.8 Å². The predicted molar refractivity (Wildman–Crippen MR) is 114 cm³/mol. The van der Waals surface area contributed by atoms with E-state index in [2.05, 4.69) is 38.0 Å². The number of hydrogen-bond donors (Lipinski definition) is 1. The minimum atomic E-state index is -0.329. The molecule has 0 fully saturated rings. The van der Waals surface area contributed by atoms with Crippen molar-refractivity contribution < 1.29 is 4.79 Å². The number of carbonyl (C=O) groups is 1. The van der Waals surface area contributed by atoms with Gasteiger partial charge < -0.3 is 5.32 Å². The molecule has 5 nitrogen and oxygen atoms in total. The number of anilines is 1. The van der Waals surface area contributed by atoms with Gasteiger partial charge in [-0.25, -0.2) is 0 Å². The summed E-state index contributed by atoms with van der Waals surface area (Å²) in [7, 11) is 0. The molecule has 1 amide bonds. The zero-order valence-electron chi connectivity index (χ0n) is 14.8. The first-order valence-electron chi connectivity index (χ1n) is 8.41. The van der Waals surface area contributed by atoms with Crippen LogP contribution in [-0.2, 0) is 11.3 Å². The minimum absolute atomic E-state index is 0.0864. The van der Waals surface area contributed by atoms with Crippen LogP contribution in [0.1, 0.15) is 6.92 Å². The SMILES string of the molecule is C=CCn1c(SC(C)C(=O)Nc2ccc(Br)cc2)nnc1-c1ccccc1. The van der Waals surface area contributed by atoms with E-state index in [-0.39, 0.29) is 11.2 Å². The quantitative estimate of drug-likeness (QED) is 0.412. The van der Waals surface area contributed by atoms with Gasteiger partial charge in [0.25, 0.3) is 0 Å². The molecule has 3 aromatic rings. The number of aromatic nitrogens is 3. The Labute approximate surface area is 171 Å². The van der Waals surface area contributed by atoms with E-state index in [1.165, 1.54) is 11.8 Å². The van der Waals surface area contributed by atoms with E-state index in [1.807, 2.05) is 66.1 Å². The fraction of sp³-hybridized carbons (Fsp3) is 0.150. The Kier molecular flexibility index (Phi) is 6.47. The lowest BCUT2D eigenvalue weighted by Crippen LogP contribution is -2.22. The third-order valence-electron chi connectivity index (χ3n) is 3.82. The third-order valence-corrected chi connectivity index (χ3v) is 5.43. The molecule has 7 heteroatoms. The van der Waals surface area contributed by atoms with Crippen LogP contribution in [0, 0.1) is 0 Å². The summed E-state index contributed by atoms with van der Waals surface area (Å²) in [6.07, 6.45) is 1.80. The molecular formula is C20H19BrN4OS. The lowest BCUT2D eigenvalue weighted by atomic mass is 10.2. The van der Waals surface area contributed by atoms with Gasteiger partial charge in [-0.05, 0) is 31.2 Å². The Bertz CT molecular complexity index is 925. The van der Waals surface area contributed by atoms with Crippen LogP contribution in [0.4, 0.5) is 5.69 Å². The maximum absolute atomic E-state index is 12.5. The van der Waals surface area contributed by atoms with Crippen LogP contribution in [0.5, 0.6) is 0 Å². The van der Waals surface area contributed by atoms with Crippen molar-refractivity contribution in [1.82, 2.24) is 14.8 Å². The lowest BCUT2D eigenvalue weighted by Gasteiger charge is -2.13. The number of hydrogen-bond acceptors (Lipinski definition) is 4. The molecule has 0 radical (unpaired) electrons.